The van der Waals surface area contributed by atoms with Gasteiger partial charge in [-0.3, -0.25) is 0 Å². The first-order valence-electron chi connectivity index (χ1n) is 6.61. The molecule has 1 fully saturated rings. The molecular weight excluding hydrogens is 208 g/mol. The maximum atomic E-state index is 3.59. The fourth-order valence-electron chi connectivity index (χ4n) is 2.18. The molecule has 2 rings (SSSR count). The van der Waals surface area contributed by atoms with Crippen LogP contribution in [-0.4, -0.2) is 25.7 Å². The minimum absolute atomic E-state index is 0.675. The highest BCUT2D eigenvalue weighted by Crippen LogP contribution is 2.03. The van der Waals surface area contributed by atoms with E-state index in [0.717, 1.165) is 19.5 Å². The zero-order valence-electron chi connectivity index (χ0n) is 10.4. The number of nitrogens with one attached hydrogen (secondary N) is 2. The van der Waals surface area contributed by atoms with Gasteiger partial charge in [0.1, 0.15) is 0 Å². The number of benzene rings is 1. The lowest BCUT2D eigenvalue weighted by atomic mass is 10.1. The van der Waals surface area contributed by atoms with Crippen LogP contribution in [0.1, 0.15) is 24.8 Å². The van der Waals surface area contributed by atoms with Gasteiger partial charge in [0, 0.05) is 12.6 Å². The Bertz CT molecular complexity index is 326. The van der Waals surface area contributed by atoms with Gasteiger partial charge in [-0.05, 0) is 37.9 Å². The van der Waals surface area contributed by atoms with Gasteiger partial charge < -0.3 is 10.6 Å². The number of piperidine rings is 1. The molecule has 0 amide bonds. The Morgan fingerprint density at radius 2 is 2.18 bits per heavy atom. The zero-order valence-corrected chi connectivity index (χ0v) is 10.4. The molecule has 2 N–H and O–H groups in total. The van der Waals surface area contributed by atoms with Gasteiger partial charge in [0.05, 0.1) is 0 Å². The maximum Gasteiger partial charge on any atom is 0.0193 e. The summed E-state index contributed by atoms with van der Waals surface area (Å²) in [6.45, 7) is 3.39. The summed E-state index contributed by atoms with van der Waals surface area (Å²) < 4.78 is 0. The minimum atomic E-state index is 0.675. The number of hydrogen-bond acceptors (Lipinski definition) is 2. The predicted octanol–water partition coefficient (Wildman–Crippen LogP) is 2.43. The van der Waals surface area contributed by atoms with E-state index in [1.807, 2.05) is 0 Å². The second-order valence-electron chi connectivity index (χ2n) is 4.60. The molecule has 1 heterocycles. The van der Waals surface area contributed by atoms with Gasteiger partial charge in [0.15, 0.2) is 0 Å². The molecule has 2 nitrogen and oxygen atoms in total. The van der Waals surface area contributed by atoms with Crippen LogP contribution in [0.2, 0.25) is 0 Å². The lowest BCUT2D eigenvalue weighted by Crippen LogP contribution is -2.43. The largest absolute Gasteiger partial charge is 0.315 e. The summed E-state index contributed by atoms with van der Waals surface area (Å²) in [6.07, 6.45) is 8.16. The van der Waals surface area contributed by atoms with Crippen LogP contribution in [0.4, 0.5) is 0 Å². The highest BCUT2D eigenvalue weighted by Gasteiger charge is 2.10. The van der Waals surface area contributed by atoms with Crippen molar-refractivity contribution >= 4 is 6.08 Å². The first kappa shape index (κ1) is 12.3. The van der Waals surface area contributed by atoms with Crippen molar-refractivity contribution in [2.45, 2.75) is 25.3 Å². The fourth-order valence-corrected chi connectivity index (χ4v) is 2.18. The molecule has 1 aromatic rings. The molecule has 17 heavy (non-hydrogen) atoms. The summed E-state index contributed by atoms with van der Waals surface area (Å²) in [6, 6.07) is 11.1. The third-order valence-electron chi connectivity index (χ3n) is 3.15. The number of hydrogen-bond donors (Lipinski definition) is 2. The van der Waals surface area contributed by atoms with Crippen molar-refractivity contribution in [1.29, 1.82) is 0 Å². The van der Waals surface area contributed by atoms with E-state index in [9.17, 15) is 0 Å². The normalized spacial score (nSPS) is 20.8. The van der Waals surface area contributed by atoms with Crippen LogP contribution in [0.25, 0.3) is 6.08 Å². The van der Waals surface area contributed by atoms with E-state index in [1.54, 1.807) is 0 Å². The lowest BCUT2D eigenvalue weighted by molar-refractivity contribution is 0.393. The molecule has 92 valence electrons. The van der Waals surface area contributed by atoms with Crippen molar-refractivity contribution in [2.24, 2.45) is 0 Å². The molecule has 0 unspecified atom stereocenters. The molecule has 1 atom stereocenters. The van der Waals surface area contributed by atoms with Gasteiger partial charge in [-0.25, -0.2) is 0 Å². The molecule has 0 spiro atoms. The monoisotopic (exact) mass is 230 g/mol. The summed E-state index contributed by atoms with van der Waals surface area (Å²) in [7, 11) is 0. The standard InChI is InChI=1S/C15H22N2/c1-2-7-14(8-3-1)9-4-5-12-17-15-10-6-11-16-13-15/h1-4,7-9,15-17H,5-6,10-13H2/b9-4+/t15-/m0/s1. The Hall–Kier alpha value is -1.12. The SMILES string of the molecule is C(=C\c1ccccc1)/CCN[C@H]1CCCNC1. The third kappa shape index (κ3) is 4.72. The molecule has 0 saturated carbocycles. The lowest BCUT2D eigenvalue weighted by Gasteiger charge is -2.23. The van der Waals surface area contributed by atoms with Crippen LogP contribution >= 0.6 is 0 Å². The second kappa shape index (κ2) is 7.25. The quantitative estimate of drug-likeness (QED) is 0.759. The van der Waals surface area contributed by atoms with E-state index in [2.05, 4.69) is 53.1 Å². The van der Waals surface area contributed by atoms with Crippen LogP contribution in [0.3, 0.4) is 0 Å². The van der Waals surface area contributed by atoms with Gasteiger partial charge in [-0.2, -0.15) is 0 Å². The summed E-state index contributed by atoms with van der Waals surface area (Å²) >= 11 is 0. The fraction of sp³-hybridized carbons (Fsp3) is 0.467. The average Bonchev–Trinajstić information content (AvgIpc) is 2.41. The van der Waals surface area contributed by atoms with E-state index in [1.165, 1.54) is 24.9 Å². The van der Waals surface area contributed by atoms with Crippen LogP contribution in [-0.2, 0) is 0 Å². The van der Waals surface area contributed by atoms with Crippen molar-refractivity contribution in [1.82, 2.24) is 10.6 Å². The second-order valence-corrected chi connectivity index (χ2v) is 4.60. The molecule has 0 aromatic heterocycles. The minimum Gasteiger partial charge on any atom is -0.315 e. The Kier molecular flexibility index (Phi) is 5.27. The Morgan fingerprint density at radius 1 is 1.29 bits per heavy atom. The molecule has 1 aliphatic rings. The summed E-state index contributed by atoms with van der Waals surface area (Å²) in [4.78, 5) is 0. The van der Waals surface area contributed by atoms with Crippen LogP contribution < -0.4 is 10.6 Å². The Balaban J connectivity index is 1.61. The Morgan fingerprint density at radius 3 is 2.94 bits per heavy atom. The topological polar surface area (TPSA) is 24.1 Å². The van der Waals surface area contributed by atoms with E-state index < -0.39 is 0 Å². The maximum absolute atomic E-state index is 3.59. The first-order chi connectivity index (χ1) is 8.45. The molecule has 2 heteroatoms. The predicted molar refractivity (Wildman–Crippen MR) is 74.0 cm³/mol. The molecule has 1 aliphatic heterocycles. The highest BCUT2D eigenvalue weighted by molar-refractivity contribution is 5.48. The van der Waals surface area contributed by atoms with Crippen molar-refractivity contribution in [3.63, 3.8) is 0 Å². The molecule has 1 aromatic carbocycles. The van der Waals surface area contributed by atoms with Gasteiger partial charge >= 0.3 is 0 Å². The van der Waals surface area contributed by atoms with Gasteiger partial charge in [0.25, 0.3) is 0 Å². The first-order valence-corrected chi connectivity index (χ1v) is 6.61. The van der Waals surface area contributed by atoms with E-state index in [4.69, 9.17) is 0 Å². The molecule has 0 radical (unpaired) electrons. The molecular formula is C15H22N2. The van der Waals surface area contributed by atoms with Crippen molar-refractivity contribution < 1.29 is 0 Å². The summed E-state index contributed by atoms with van der Waals surface area (Å²) in [5, 5.41) is 7.02. The van der Waals surface area contributed by atoms with E-state index in [0.29, 0.717) is 6.04 Å². The van der Waals surface area contributed by atoms with E-state index >= 15 is 0 Å². The molecule has 1 saturated heterocycles. The van der Waals surface area contributed by atoms with Crippen molar-refractivity contribution in [2.75, 3.05) is 19.6 Å². The molecule has 0 bridgehead atoms. The van der Waals surface area contributed by atoms with E-state index in [-0.39, 0.29) is 0 Å². The van der Waals surface area contributed by atoms with Crippen LogP contribution in [0, 0.1) is 0 Å². The van der Waals surface area contributed by atoms with Gasteiger partial charge in [-0.15, -0.1) is 0 Å². The zero-order chi connectivity index (χ0) is 11.8. The number of rotatable bonds is 5. The smallest absolute Gasteiger partial charge is 0.0193 e. The van der Waals surface area contributed by atoms with Crippen molar-refractivity contribution in [3.05, 3.63) is 42.0 Å². The summed E-state index contributed by atoms with van der Waals surface area (Å²) in [5.41, 5.74) is 1.28. The van der Waals surface area contributed by atoms with Crippen LogP contribution in [0.5, 0.6) is 0 Å². The van der Waals surface area contributed by atoms with Gasteiger partial charge in [-0.1, -0.05) is 42.5 Å². The van der Waals surface area contributed by atoms with Crippen molar-refractivity contribution in [3.8, 4) is 0 Å². The summed E-state index contributed by atoms with van der Waals surface area (Å²) in [5.74, 6) is 0. The third-order valence-corrected chi connectivity index (χ3v) is 3.15. The van der Waals surface area contributed by atoms with Gasteiger partial charge in [0.2, 0.25) is 0 Å². The highest BCUT2D eigenvalue weighted by atomic mass is 15.0. The molecule has 0 aliphatic carbocycles. The van der Waals surface area contributed by atoms with Crippen LogP contribution in [0.15, 0.2) is 36.4 Å². The Labute approximate surface area is 104 Å². The average molecular weight is 230 g/mol.